The quantitative estimate of drug-likeness (QED) is 0.700. The predicted octanol–water partition coefficient (Wildman–Crippen LogP) is 2.72. The standard InChI is InChI=1S/C21H20N4O/c1-3-14-22-21(26)20-23-19(13-12-17-9-5-4-6-10-17)25(24-20)18-11-7-8-16(2)15-18/h1,4-11,15H,12-14H2,2H3,(H,22,26). The van der Waals surface area contributed by atoms with Gasteiger partial charge in [-0.3, -0.25) is 4.79 Å². The molecule has 0 radical (unpaired) electrons. The molecule has 0 unspecified atom stereocenters. The Bertz CT molecular complexity index is 938. The molecule has 0 aliphatic rings. The third-order valence-electron chi connectivity index (χ3n) is 3.95. The maximum absolute atomic E-state index is 12.2. The number of hydrogen-bond acceptors (Lipinski definition) is 3. The minimum Gasteiger partial charge on any atom is -0.338 e. The van der Waals surface area contributed by atoms with Gasteiger partial charge in [0.1, 0.15) is 5.82 Å². The zero-order valence-electron chi connectivity index (χ0n) is 14.6. The second-order valence-corrected chi connectivity index (χ2v) is 5.97. The van der Waals surface area contributed by atoms with Crippen molar-refractivity contribution in [1.29, 1.82) is 0 Å². The van der Waals surface area contributed by atoms with Crippen molar-refractivity contribution in [2.24, 2.45) is 0 Å². The topological polar surface area (TPSA) is 59.8 Å². The van der Waals surface area contributed by atoms with Crippen LogP contribution in [-0.2, 0) is 12.8 Å². The summed E-state index contributed by atoms with van der Waals surface area (Å²) in [5.74, 6) is 2.89. The van der Waals surface area contributed by atoms with E-state index in [9.17, 15) is 4.79 Å². The normalized spacial score (nSPS) is 10.3. The summed E-state index contributed by atoms with van der Waals surface area (Å²) in [6, 6.07) is 18.1. The number of terminal acetylenes is 1. The first-order valence-electron chi connectivity index (χ1n) is 8.46. The predicted molar refractivity (Wildman–Crippen MR) is 101 cm³/mol. The van der Waals surface area contributed by atoms with Crippen LogP contribution in [-0.4, -0.2) is 27.2 Å². The number of carbonyl (C=O) groups excluding carboxylic acids is 1. The number of amides is 1. The first kappa shape index (κ1) is 17.4. The lowest BCUT2D eigenvalue weighted by Gasteiger charge is -2.07. The summed E-state index contributed by atoms with van der Waals surface area (Å²) >= 11 is 0. The number of nitrogens with zero attached hydrogens (tertiary/aromatic N) is 3. The lowest BCUT2D eigenvalue weighted by Crippen LogP contribution is -2.24. The summed E-state index contributed by atoms with van der Waals surface area (Å²) in [7, 11) is 0. The molecule has 3 rings (SSSR count). The third kappa shape index (κ3) is 4.17. The van der Waals surface area contributed by atoms with Gasteiger partial charge >= 0.3 is 0 Å². The van der Waals surface area contributed by atoms with Gasteiger partial charge in [0.05, 0.1) is 12.2 Å². The first-order valence-corrected chi connectivity index (χ1v) is 8.46. The van der Waals surface area contributed by atoms with Gasteiger partial charge in [-0.05, 0) is 36.6 Å². The highest BCUT2D eigenvalue weighted by Gasteiger charge is 2.17. The second kappa shape index (κ2) is 8.13. The monoisotopic (exact) mass is 344 g/mol. The van der Waals surface area contributed by atoms with Gasteiger partial charge < -0.3 is 5.32 Å². The maximum Gasteiger partial charge on any atom is 0.291 e. The van der Waals surface area contributed by atoms with Gasteiger partial charge in [0.15, 0.2) is 0 Å². The van der Waals surface area contributed by atoms with Crippen LogP contribution in [0.5, 0.6) is 0 Å². The summed E-state index contributed by atoms with van der Waals surface area (Å²) in [6.07, 6.45) is 6.69. The average Bonchev–Trinajstić information content (AvgIpc) is 3.10. The number of nitrogens with one attached hydrogen (secondary N) is 1. The van der Waals surface area contributed by atoms with Crippen molar-refractivity contribution in [3.05, 3.63) is 77.4 Å². The molecule has 3 aromatic rings. The molecular weight excluding hydrogens is 324 g/mol. The lowest BCUT2D eigenvalue weighted by atomic mass is 10.1. The van der Waals surface area contributed by atoms with Gasteiger partial charge in [-0.25, -0.2) is 9.67 Å². The van der Waals surface area contributed by atoms with Crippen molar-refractivity contribution < 1.29 is 4.79 Å². The SMILES string of the molecule is C#CCNC(=O)c1nc(CCc2ccccc2)n(-c2cccc(C)c2)n1. The molecule has 0 atom stereocenters. The van der Waals surface area contributed by atoms with Crippen molar-refractivity contribution in [2.75, 3.05) is 6.54 Å². The average molecular weight is 344 g/mol. The van der Waals surface area contributed by atoms with Crippen LogP contribution in [0.15, 0.2) is 54.6 Å². The van der Waals surface area contributed by atoms with Crippen LogP contribution >= 0.6 is 0 Å². The van der Waals surface area contributed by atoms with Crippen LogP contribution < -0.4 is 5.32 Å². The Labute approximate surface area is 153 Å². The molecule has 2 aromatic carbocycles. The van der Waals surface area contributed by atoms with Crippen LogP contribution in [0.1, 0.15) is 27.6 Å². The van der Waals surface area contributed by atoms with E-state index >= 15 is 0 Å². The van der Waals surface area contributed by atoms with E-state index in [1.54, 1.807) is 4.68 Å². The third-order valence-corrected chi connectivity index (χ3v) is 3.95. The Kier molecular flexibility index (Phi) is 5.45. The molecule has 1 amide bonds. The fourth-order valence-corrected chi connectivity index (χ4v) is 2.68. The summed E-state index contributed by atoms with van der Waals surface area (Å²) in [5.41, 5.74) is 3.21. The molecule has 0 spiro atoms. The highest BCUT2D eigenvalue weighted by Crippen LogP contribution is 2.14. The molecular formula is C21H20N4O. The van der Waals surface area contributed by atoms with E-state index in [-0.39, 0.29) is 18.3 Å². The van der Waals surface area contributed by atoms with Crippen LogP contribution in [0.3, 0.4) is 0 Å². The highest BCUT2D eigenvalue weighted by molar-refractivity contribution is 5.90. The van der Waals surface area contributed by atoms with Crippen molar-refractivity contribution in [3.63, 3.8) is 0 Å². The van der Waals surface area contributed by atoms with Gasteiger partial charge in [-0.1, -0.05) is 48.4 Å². The number of aryl methyl sites for hydroxylation is 3. The van der Waals surface area contributed by atoms with Gasteiger partial charge in [0, 0.05) is 6.42 Å². The number of aromatic nitrogens is 3. The molecule has 130 valence electrons. The summed E-state index contributed by atoms with van der Waals surface area (Å²) in [6.45, 7) is 2.17. The second-order valence-electron chi connectivity index (χ2n) is 5.97. The smallest absolute Gasteiger partial charge is 0.291 e. The van der Waals surface area contributed by atoms with E-state index in [2.05, 4.69) is 33.5 Å². The molecule has 26 heavy (non-hydrogen) atoms. The van der Waals surface area contributed by atoms with Crippen LogP contribution in [0.4, 0.5) is 0 Å². The highest BCUT2D eigenvalue weighted by atomic mass is 16.2. The van der Waals surface area contributed by atoms with Crippen molar-refractivity contribution >= 4 is 5.91 Å². The summed E-state index contributed by atoms with van der Waals surface area (Å²) < 4.78 is 1.74. The Morgan fingerprint density at radius 2 is 1.96 bits per heavy atom. The molecule has 0 fully saturated rings. The lowest BCUT2D eigenvalue weighted by molar-refractivity contribution is 0.0948. The van der Waals surface area contributed by atoms with Gasteiger partial charge in [0.25, 0.3) is 5.91 Å². The van der Waals surface area contributed by atoms with E-state index in [1.165, 1.54) is 5.56 Å². The molecule has 5 nitrogen and oxygen atoms in total. The molecule has 0 saturated heterocycles. The van der Waals surface area contributed by atoms with Crippen LogP contribution in [0.2, 0.25) is 0 Å². The van der Waals surface area contributed by atoms with Gasteiger partial charge in [0.2, 0.25) is 5.82 Å². The Morgan fingerprint density at radius 1 is 1.15 bits per heavy atom. The summed E-state index contributed by atoms with van der Waals surface area (Å²) in [4.78, 5) is 16.7. The van der Waals surface area contributed by atoms with Crippen molar-refractivity contribution in [3.8, 4) is 18.0 Å². The largest absolute Gasteiger partial charge is 0.338 e. The molecule has 0 aliphatic carbocycles. The zero-order chi connectivity index (χ0) is 18.4. The minimum atomic E-state index is -0.365. The number of hydrogen-bond donors (Lipinski definition) is 1. The maximum atomic E-state index is 12.2. The van der Waals surface area contributed by atoms with E-state index in [4.69, 9.17) is 6.42 Å². The van der Waals surface area contributed by atoms with E-state index in [0.717, 1.165) is 23.5 Å². The van der Waals surface area contributed by atoms with Crippen molar-refractivity contribution in [2.45, 2.75) is 19.8 Å². The molecule has 1 heterocycles. The number of carbonyl (C=O) groups is 1. The fourth-order valence-electron chi connectivity index (χ4n) is 2.68. The molecule has 0 bridgehead atoms. The van der Waals surface area contributed by atoms with Crippen molar-refractivity contribution in [1.82, 2.24) is 20.1 Å². The minimum absolute atomic E-state index is 0.129. The zero-order valence-corrected chi connectivity index (χ0v) is 14.6. The Hall–Kier alpha value is -3.39. The Morgan fingerprint density at radius 3 is 2.69 bits per heavy atom. The van der Waals surface area contributed by atoms with E-state index < -0.39 is 0 Å². The van der Waals surface area contributed by atoms with E-state index in [1.807, 2.05) is 49.4 Å². The van der Waals surface area contributed by atoms with Crippen LogP contribution in [0.25, 0.3) is 5.69 Å². The Balaban J connectivity index is 1.91. The first-order chi connectivity index (χ1) is 12.7. The van der Waals surface area contributed by atoms with E-state index in [0.29, 0.717) is 6.42 Å². The summed E-state index contributed by atoms with van der Waals surface area (Å²) in [5, 5.41) is 7.02. The fraction of sp³-hybridized carbons (Fsp3) is 0.190. The van der Waals surface area contributed by atoms with Gasteiger partial charge in [-0.2, -0.15) is 0 Å². The molecule has 0 aliphatic heterocycles. The van der Waals surface area contributed by atoms with Gasteiger partial charge in [-0.15, -0.1) is 11.5 Å². The van der Waals surface area contributed by atoms with Crippen LogP contribution in [0, 0.1) is 19.3 Å². The number of benzene rings is 2. The number of rotatable bonds is 6. The molecule has 5 heteroatoms. The molecule has 0 saturated carbocycles. The molecule has 1 aromatic heterocycles. The molecule has 1 N–H and O–H groups in total.